The maximum absolute atomic E-state index is 14.2. The summed E-state index contributed by atoms with van der Waals surface area (Å²) in [5.74, 6) is -2.71. The number of carbonyl (C=O) groups excluding carboxylic acids is 5. The van der Waals surface area contributed by atoms with E-state index in [0.29, 0.717) is 25.0 Å². The molecular weight excluding hydrogens is 541 g/mol. The third kappa shape index (κ3) is 4.88. The molecule has 4 N–H and O–H groups in total. The molecule has 0 bridgehead atoms. The quantitative estimate of drug-likeness (QED) is 0.320. The van der Waals surface area contributed by atoms with E-state index in [0.717, 1.165) is 18.9 Å². The van der Waals surface area contributed by atoms with E-state index in [2.05, 4.69) is 41.4 Å². The van der Waals surface area contributed by atoms with Gasteiger partial charge in [-0.1, -0.05) is 26.5 Å². The zero-order valence-corrected chi connectivity index (χ0v) is 23.7. The van der Waals surface area contributed by atoms with Crippen molar-refractivity contribution < 1.29 is 28.4 Å². The lowest BCUT2D eigenvalue weighted by atomic mass is 9.94. The molecule has 2 aliphatic carbocycles. The van der Waals surface area contributed by atoms with E-state index < -0.39 is 41.7 Å². The van der Waals surface area contributed by atoms with Crippen molar-refractivity contribution in [3.8, 4) is 0 Å². The van der Waals surface area contributed by atoms with E-state index in [1.807, 2.05) is 0 Å². The van der Waals surface area contributed by atoms with Gasteiger partial charge >= 0.3 is 0 Å². The number of halogens is 1. The average molecular weight is 578 g/mol. The molecule has 2 aromatic rings. The minimum absolute atomic E-state index is 0.0628. The summed E-state index contributed by atoms with van der Waals surface area (Å²) in [6.07, 6.45) is 3.41. The van der Waals surface area contributed by atoms with Gasteiger partial charge in [0.15, 0.2) is 5.78 Å². The third-order valence-electron chi connectivity index (χ3n) is 9.81. The van der Waals surface area contributed by atoms with Crippen LogP contribution in [0.4, 0.5) is 4.39 Å². The number of hydrogen-bond acceptors (Lipinski definition) is 5. The molecule has 11 heteroatoms. The van der Waals surface area contributed by atoms with Gasteiger partial charge in [0.05, 0.1) is 6.04 Å². The lowest BCUT2D eigenvalue weighted by Gasteiger charge is -2.34. The SMILES string of the molecule is C=CC(=O)[C@H](C[C@@H]1CCNC1=O)NC(=O)[C@@H]1[C@@H]2[C@H](CN1C(=O)C(NC(=O)c1cc3c(F)cccc3[nH]1)C1CC1)C2(C)C. The summed E-state index contributed by atoms with van der Waals surface area (Å²) in [5.41, 5.74) is 0.469. The zero-order chi connectivity index (χ0) is 29.9. The number of likely N-dealkylation sites (tertiary alicyclic amines) is 1. The fourth-order valence-corrected chi connectivity index (χ4v) is 7.06. The Balaban J connectivity index is 1.21. The van der Waals surface area contributed by atoms with E-state index >= 15 is 0 Å². The smallest absolute Gasteiger partial charge is 0.268 e. The van der Waals surface area contributed by atoms with E-state index in [1.54, 1.807) is 17.0 Å². The van der Waals surface area contributed by atoms with Crippen LogP contribution in [0.3, 0.4) is 0 Å². The second kappa shape index (κ2) is 10.4. The molecule has 10 nitrogen and oxygen atoms in total. The van der Waals surface area contributed by atoms with Crippen LogP contribution in [0.2, 0.25) is 0 Å². The summed E-state index contributed by atoms with van der Waals surface area (Å²) in [6, 6.07) is 3.39. The Morgan fingerprint density at radius 1 is 1.19 bits per heavy atom. The monoisotopic (exact) mass is 577 g/mol. The maximum Gasteiger partial charge on any atom is 0.268 e. The number of nitrogens with zero attached hydrogens (tertiary/aromatic N) is 1. The minimum Gasteiger partial charge on any atom is -0.356 e. The first kappa shape index (κ1) is 28.1. The Morgan fingerprint density at radius 2 is 1.95 bits per heavy atom. The van der Waals surface area contributed by atoms with Crippen LogP contribution in [-0.2, 0) is 19.2 Å². The summed E-state index contributed by atoms with van der Waals surface area (Å²) in [4.78, 5) is 70.5. The number of rotatable bonds is 10. The number of hydrogen-bond donors (Lipinski definition) is 4. The second-order valence-corrected chi connectivity index (χ2v) is 12.7. The molecule has 6 rings (SSSR count). The normalized spacial score (nSPS) is 27.1. The molecule has 2 saturated heterocycles. The molecular formula is C31H36FN5O5. The number of aromatic nitrogens is 1. The van der Waals surface area contributed by atoms with Crippen LogP contribution in [0, 0.1) is 34.9 Å². The topological polar surface area (TPSA) is 140 Å². The van der Waals surface area contributed by atoms with Gasteiger partial charge in [0, 0.05) is 29.9 Å². The summed E-state index contributed by atoms with van der Waals surface area (Å²) in [6.45, 7) is 8.59. The van der Waals surface area contributed by atoms with E-state index in [4.69, 9.17) is 0 Å². The molecule has 4 fully saturated rings. The van der Waals surface area contributed by atoms with Gasteiger partial charge in [-0.05, 0) is 73.1 Å². The molecule has 4 aliphatic rings. The molecule has 1 aromatic heterocycles. The van der Waals surface area contributed by atoms with Crippen LogP contribution in [0.25, 0.3) is 10.9 Å². The van der Waals surface area contributed by atoms with E-state index in [1.165, 1.54) is 12.1 Å². The molecule has 2 saturated carbocycles. The number of aromatic amines is 1. The first-order chi connectivity index (χ1) is 20.0. The number of ketones is 1. The number of fused-ring (bicyclic) bond motifs is 2. The van der Waals surface area contributed by atoms with E-state index in [9.17, 15) is 28.4 Å². The maximum atomic E-state index is 14.2. The Bertz CT molecular complexity index is 1500. The van der Waals surface area contributed by atoms with Crippen LogP contribution < -0.4 is 16.0 Å². The van der Waals surface area contributed by atoms with Gasteiger partial charge in [-0.15, -0.1) is 0 Å². The Labute approximate surface area is 242 Å². The molecule has 0 spiro atoms. The highest BCUT2D eigenvalue weighted by molar-refractivity contribution is 6.02. The van der Waals surface area contributed by atoms with Crippen molar-refractivity contribution in [1.82, 2.24) is 25.8 Å². The second-order valence-electron chi connectivity index (χ2n) is 12.7. The van der Waals surface area contributed by atoms with Crippen molar-refractivity contribution in [2.45, 2.75) is 57.7 Å². The fraction of sp³-hybridized carbons (Fsp3) is 0.516. The standard InChI is InChI=1S/C31H36FN5O5/c1-4-23(38)21(12-16-10-11-33-27(16)39)35-29(41)26-24-18(31(24,2)3)14-37(26)30(42)25(15-8-9-15)36-28(40)22-13-17-19(32)6-5-7-20(17)34-22/h4-7,13,15-16,18,21,24-26,34H,1,8-12,14H2,2-3H3,(H,33,39)(H,35,41)(H,36,40)/t16-,18-,21-,24-,25?,26-/m0/s1. The van der Waals surface area contributed by atoms with Crippen molar-refractivity contribution in [2.24, 2.45) is 29.1 Å². The molecule has 4 amide bonds. The van der Waals surface area contributed by atoms with Crippen LogP contribution in [0.15, 0.2) is 36.9 Å². The lowest BCUT2D eigenvalue weighted by molar-refractivity contribution is -0.142. The van der Waals surface area contributed by atoms with Crippen molar-refractivity contribution >= 4 is 40.3 Å². The van der Waals surface area contributed by atoms with Crippen molar-refractivity contribution in [1.29, 1.82) is 0 Å². The summed E-state index contributed by atoms with van der Waals surface area (Å²) in [5, 5.41) is 8.74. The van der Waals surface area contributed by atoms with Crippen LogP contribution >= 0.6 is 0 Å². The van der Waals surface area contributed by atoms with Gasteiger partial charge in [-0.2, -0.15) is 0 Å². The first-order valence-corrected chi connectivity index (χ1v) is 14.6. The highest BCUT2D eigenvalue weighted by Crippen LogP contribution is 2.65. The molecule has 222 valence electrons. The number of piperidine rings is 1. The highest BCUT2D eigenvalue weighted by atomic mass is 19.1. The first-order valence-electron chi connectivity index (χ1n) is 14.6. The molecule has 2 aliphatic heterocycles. The van der Waals surface area contributed by atoms with Crippen LogP contribution in [-0.4, -0.2) is 70.5 Å². The van der Waals surface area contributed by atoms with E-state index in [-0.39, 0.29) is 58.3 Å². The average Bonchev–Trinajstić information content (AvgIpc) is 3.62. The number of nitrogens with one attached hydrogen (secondary N) is 4. The molecule has 0 radical (unpaired) electrons. The number of carbonyl (C=O) groups is 5. The van der Waals surface area contributed by atoms with Crippen molar-refractivity contribution in [3.63, 3.8) is 0 Å². The third-order valence-corrected chi connectivity index (χ3v) is 9.81. The van der Waals surface area contributed by atoms with Crippen LogP contribution in [0.1, 0.15) is 50.0 Å². The Hall–Kier alpha value is -4.02. The minimum atomic E-state index is -0.928. The van der Waals surface area contributed by atoms with Gasteiger partial charge in [0.2, 0.25) is 17.7 Å². The predicted octanol–water partition coefficient (Wildman–Crippen LogP) is 2.06. The highest BCUT2D eigenvalue weighted by Gasteiger charge is 2.70. The fourth-order valence-electron chi connectivity index (χ4n) is 7.06. The summed E-state index contributed by atoms with van der Waals surface area (Å²) in [7, 11) is 0. The summed E-state index contributed by atoms with van der Waals surface area (Å²) >= 11 is 0. The van der Waals surface area contributed by atoms with Crippen molar-refractivity contribution in [3.05, 3.63) is 48.4 Å². The zero-order valence-electron chi connectivity index (χ0n) is 23.7. The van der Waals surface area contributed by atoms with Gasteiger partial charge in [0.1, 0.15) is 23.6 Å². The molecule has 3 heterocycles. The molecule has 1 aromatic carbocycles. The van der Waals surface area contributed by atoms with Gasteiger partial charge in [-0.3, -0.25) is 24.0 Å². The predicted molar refractivity (Wildman–Crippen MR) is 151 cm³/mol. The number of amides is 4. The van der Waals surface area contributed by atoms with Gasteiger partial charge in [0.25, 0.3) is 5.91 Å². The largest absolute Gasteiger partial charge is 0.356 e. The number of benzene rings is 1. The molecule has 1 unspecified atom stereocenters. The summed E-state index contributed by atoms with van der Waals surface area (Å²) < 4.78 is 14.2. The van der Waals surface area contributed by atoms with Crippen LogP contribution in [0.5, 0.6) is 0 Å². The molecule has 6 atom stereocenters. The molecule has 42 heavy (non-hydrogen) atoms. The Morgan fingerprint density at radius 3 is 2.60 bits per heavy atom. The van der Waals surface area contributed by atoms with Crippen molar-refractivity contribution in [2.75, 3.05) is 13.1 Å². The Kier molecular flexibility index (Phi) is 6.93. The lowest BCUT2D eigenvalue weighted by Crippen LogP contribution is -2.58. The number of H-pyrrole nitrogens is 1. The van der Waals surface area contributed by atoms with Gasteiger partial charge in [-0.25, -0.2) is 4.39 Å². The van der Waals surface area contributed by atoms with Gasteiger partial charge < -0.3 is 25.8 Å².